The molecule has 112 valence electrons. The average Bonchev–Trinajstić information content (AvgIpc) is 2.59. The molecule has 22 heavy (non-hydrogen) atoms. The summed E-state index contributed by atoms with van der Waals surface area (Å²) >= 11 is 0. The van der Waals surface area contributed by atoms with Gasteiger partial charge in [0.15, 0.2) is 11.5 Å². The van der Waals surface area contributed by atoms with E-state index in [1.54, 1.807) is 42.5 Å². The van der Waals surface area contributed by atoms with Gasteiger partial charge in [-0.05, 0) is 42.5 Å². The SMILES string of the molecule is COc1cc(C=O)ccc1OCCOc1ccc(C#N)cc1. The molecule has 0 atom stereocenters. The van der Waals surface area contributed by atoms with Crippen LogP contribution in [-0.2, 0) is 0 Å². The van der Waals surface area contributed by atoms with E-state index >= 15 is 0 Å². The van der Waals surface area contributed by atoms with Crippen molar-refractivity contribution >= 4 is 6.29 Å². The van der Waals surface area contributed by atoms with Crippen LogP contribution < -0.4 is 14.2 Å². The summed E-state index contributed by atoms with van der Waals surface area (Å²) in [7, 11) is 1.52. The van der Waals surface area contributed by atoms with Crippen molar-refractivity contribution in [1.29, 1.82) is 5.26 Å². The molecule has 0 spiro atoms. The minimum absolute atomic E-state index is 0.330. The maximum absolute atomic E-state index is 10.7. The van der Waals surface area contributed by atoms with Crippen molar-refractivity contribution in [1.82, 2.24) is 0 Å². The van der Waals surface area contributed by atoms with Gasteiger partial charge in [-0.3, -0.25) is 4.79 Å². The van der Waals surface area contributed by atoms with Crippen molar-refractivity contribution in [2.24, 2.45) is 0 Å². The van der Waals surface area contributed by atoms with E-state index in [0.29, 0.717) is 41.6 Å². The van der Waals surface area contributed by atoms with Gasteiger partial charge in [0.2, 0.25) is 0 Å². The molecule has 0 N–H and O–H groups in total. The average molecular weight is 297 g/mol. The Balaban J connectivity index is 1.85. The summed E-state index contributed by atoms with van der Waals surface area (Å²) in [6, 6.07) is 13.9. The van der Waals surface area contributed by atoms with Gasteiger partial charge in [0.05, 0.1) is 18.7 Å². The predicted octanol–water partition coefficient (Wildman–Crippen LogP) is 2.84. The largest absolute Gasteiger partial charge is 0.493 e. The topological polar surface area (TPSA) is 68.6 Å². The van der Waals surface area contributed by atoms with Gasteiger partial charge in [0.25, 0.3) is 0 Å². The van der Waals surface area contributed by atoms with Crippen LogP contribution in [0.2, 0.25) is 0 Å². The van der Waals surface area contributed by atoms with Crippen LogP contribution in [0, 0.1) is 11.3 Å². The number of methoxy groups -OCH3 is 1. The van der Waals surface area contributed by atoms with Crippen molar-refractivity contribution in [3.05, 3.63) is 53.6 Å². The smallest absolute Gasteiger partial charge is 0.161 e. The number of benzene rings is 2. The lowest BCUT2D eigenvalue weighted by molar-refractivity contribution is 0.112. The first kappa shape index (κ1) is 15.4. The summed E-state index contributed by atoms with van der Waals surface area (Å²) in [5.41, 5.74) is 1.11. The Labute approximate surface area is 128 Å². The van der Waals surface area contributed by atoms with Crippen LogP contribution in [0.5, 0.6) is 17.2 Å². The van der Waals surface area contributed by atoms with Crippen LogP contribution in [0.15, 0.2) is 42.5 Å². The van der Waals surface area contributed by atoms with Crippen molar-refractivity contribution in [2.45, 2.75) is 0 Å². The zero-order chi connectivity index (χ0) is 15.8. The number of nitriles is 1. The second kappa shape index (κ2) is 7.70. The van der Waals surface area contributed by atoms with Gasteiger partial charge in [-0.2, -0.15) is 5.26 Å². The Kier molecular flexibility index (Phi) is 5.38. The summed E-state index contributed by atoms with van der Waals surface area (Å²) in [5, 5.41) is 8.71. The molecule has 0 amide bonds. The summed E-state index contributed by atoms with van der Waals surface area (Å²) in [6.45, 7) is 0.682. The third-order valence-corrected chi connectivity index (χ3v) is 2.92. The van der Waals surface area contributed by atoms with Crippen LogP contribution >= 0.6 is 0 Å². The van der Waals surface area contributed by atoms with Gasteiger partial charge in [-0.1, -0.05) is 0 Å². The minimum atomic E-state index is 0.330. The first-order valence-corrected chi connectivity index (χ1v) is 6.66. The first-order chi connectivity index (χ1) is 10.8. The molecule has 0 heterocycles. The molecule has 0 saturated carbocycles. The Hall–Kier alpha value is -3.00. The van der Waals surface area contributed by atoms with Crippen LogP contribution in [-0.4, -0.2) is 26.6 Å². The highest BCUT2D eigenvalue weighted by molar-refractivity contribution is 5.76. The third-order valence-electron chi connectivity index (χ3n) is 2.92. The molecular weight excluding hydrogens is 282 g/mol. The van der Waals surface area contributed by atoms with Gasteiger partial charge in [-0.25, -0.2) is 0 Å². The number of carbonyl (C=O) groups is 1. The van der Waals surface area contributed by atoms with E-state index in [1.165, 1.54) is 7.11 Å². The second-order valence-electron chi connectivity index (χ2n) is 4.36. The van der Waals surface area contributed by atoms with Gasteiger partial charge in [0, 0.05) is 5.56 Å². The molecule has 2 aromatic carbocycles. The van der Waals surface area contributed by atoms with Crippen molar-refractivity contribution in [3.63, 3.8) is 0 Å². The quantitative estimate of drug-likeness (QED) is 0.580. The van der Waals surface area contributed by atoms with Crippen molar-refractivity contribution < 1.29 is 19.0 Å². The Morgan fingerprint density at radius 2 is 1.77 bits per heavy atom. The molecule has 2 aromatic rings. The summed E-state index contributed by atoms with van der Waals surface area (Å²) < 4.78 is 16.3. The molecule has 5 nitrogen and oxygen atoms in total. The Morgan fingerprint density at radius 1 is 1.05 bits per heavy atom. The van der Waals surface area contributed by atoms with Gasteiger partial charge < -0.3 is 14.2 Å². The normalized spacial score (nSPS) is 9.64. The molecule has 0 saturated heterocycles. The zero-order valence-corrected chi connectivity index (χ0v) is 12.1. The number of hydrogen-bond acceptors (Lipinski definition) is 5. The molecule has 0 aliphatic heterocycles. The van der Waals surface area contributed by atoms with Gasteiger partial charge in [0.1, 0.15) is 25.2 Å². The van der Waals surface area contributed by atoms with Gasteiger partial charge >= 0.3 is 0 Å². The van der Waals surface area contributed by atoms with E-state index < -0.39 is 0 Å². The number of rotatable bonds is 7. The fraction of sp³-hybridized carbons (Fsp3) is 0.176. The number of aldehydes is 1. The zero-order valence-electron chi connectivity index (χ0n) is 12.1. The summed E-state index contributed by atoms with van der Waals surface area (Å²) in [5.74, 6) is 1.73. The predicted molar refractivity (Wildman–Crippen MR) is 80.5 cm³/mol. The lowest BCUT2D eigenvalue weighted by atomic mass is 10.2. The number of hydrogen-bond donors (Lipinski definition) is 0. The molecule has 0 radical (unpaired) electrons. The summed E-state index contributed by atoms with van der Waals surface area (Å²) in [6.07, 6.45) is 0.750. The maximum Gasteiger partial charge on any atom is 0.161 e. The molecule has 0 aromatic heterocycles. The number of carbonyl (C=O) groups excluding carboxylic acids is 1. The van der Waals surface area contributed by atoms with Crippen LogP contribution in [0.1, 0.15) is 15.9 Å². The second-order valence-corrected chi connectivity index (χ2v) is 4.36. The highest BCUT2D eigenvalue weighted by atomic mass is 16.5. The van der Waals surface area contributed by atoms with E-state index in [1.807, 2.05) is 6.07 Å². The van der Waals surface area contributed by atoms with E-state index in [-0.39, 0.29) is 0 Å². The highest BCUT2D eigenvalue weighted by Crippen LogP contribution is 2.27. The molecule has 0 aliphatic carbocycles. The lowest BCUT2D eigenvalue weighted by Gasteiger charge is -2.11. The minimum Gasteiger partial charge on any atom is -0.493 e. The molecule has 0 aliphatic rings. The van der Waals surface area contributed by atoms with Gasteiger partial charge in [-0.15, -0.1) is 0 Å². The number of ether oxygens (including phenoxy) is 3. The molecule has 5 heteroatoms. The van der Waals surface area contributed by atoms with E-state index in [0.717, 1.165) is 6.29 Å². The first-order valence-electron chi connectivity index (χ1n) is 6.66. The molecule has 0 unspecified atom stereocenters. The molecular formula is C17H15NO4. The van der Waals surface area contributed by atoms with E-state index in [2.05, 4.69) is 0 Å². The van der Waals surface area contributed by atoms with Crippen LogP contribution in [0.3, 0.4) is 0 Å². The maximum atomic E-state index is 10.7. The van der Waals surface area contributed by atoms with Crippen LogP contribution in [0.25, 0.3) is 0 Å². The lowest BCUT2D eigenvalue weighted by Crippen LogP contribution is -2.09. The fourth-order valence-corrected chi connectivity index (χ4v) is 1.81. The fourth-order valence-electron chi connectivity index (χ4n) is 1.81. The van der Waals surface area contributed by atoms with E-state index in [9.17, 15) is 4.79 Å². The molecule has 0 fully saturated rings. The molecule has 2 rings (SSSR count). The third kappa shape index (κ3) is 4.00. The Morgan fingerprint density at radius 3 is 2.41 bits per heavy atom. The highest BCUT2D eigenvalue weighted by Gasteiger charge is 2.05. The van der Waals surface area contributed by atoms with Crippen molar-refractivity contribution in [2.75, 3.05) is 20.3 Å². The standard InChI is InChI=1S/C17H15NO4/c1-20-17-10-14(12-19)4-7-16(17)22-9-8-21-15-5-2-13(11-18)3-6-15/h2-7,10,12H,8-9H2,1H3. The van der Waals surface area contributed by atoms with Crippen LogP contribution in [0.4, 0.5) is 0 Å². The molecule has 0 bridgehead atoms. The monoisotopic (exact) mass is 297 g/mol. The summed E-state index contributed by atoms with van der Waals surface area (Å²) in [4.78, 5) is 10.7. The van der Waals surface area contributed by atoms with E-state index in [4.69, 9.17) is 19.5 Å². The Bertz CT molecular complexity index is 674. The van der Waals surface area contributed by atoms with Crippen molar-refractivity contribution in [3.8, 4) is 23.3 Å². The number of nitrogens with zero attached hydrogens (tertiary/aromatic N) is 1.